The summed E-state index contributed by atoms with van der Waals surface area (Å²) in [4.78, 5) is 49.2. The molecule has 10 heteroatoms. The third-order valence-electron chi connectivity index (χ3n) is 6.70. The Balaban J connectivity index is 1.75. The van der Waals surface area contributed by atoms with E-state index >= 15 is 0 Å². The minimum atomic E-state index is -0.648. The van der Waals surface area contributed by atoms with Crippen molar-refractivity contribution < 1.29 is 19.1 Å². The van der Waals surface area contributed by atoms with Gasteiger partial charge in [-0.05, 0) is 60.5 Å². The van der Waals surface area contributed by atoms with E-state index in [1.807, 2.05) is 77.1 Å². The number of nitrogens with zero attached hydrogens (tertiary/aromatic N) is 5. The van der Waals surface area contributed by atoms with Gasteiger partial charge in [-0.3, -0.25) is 19.5 Å². The number of Topliss-reactive ketones (excluding diaryl/α,β-unsaturated/α-hetero) is 1. The molecule has 0 radical (unpaired) electrons. The zero-order chi connectivity index (χ0) is 31.3. The van der Waals surface area contributed by atoms with Crippen LogP contribution >= 0.6 is 0 Å². The summed E-state index contributed by atoms with van der Waals surface area (Å²) in [6.45, 7) is 12.0. The Kier molecular flexibility index (Phi) is 9.38. The highest BCUT2D eigenvalue weighted by atomic mass is 16.6. The Bertz CT molecular complexity index is 1650. The molecule has 224 valence electrons. The van der Waals surface area contributed by atoms with E-state index in [0.717, 1.165) is 16.8 Å². The van der Waals surface area contributed by atoms with Crippen molar-refractivity contribution >= 4 is 29.2 Å². The summed E-state index contributed by atoms with van der Waals surface area (Å²) in [5, 5.41) is 7.30. The molecule has 0 aliphatic heterocycles. The van der Waals surface area contributed by atoms with Gasteiger partial charge in [0.15, 0.2) is 11.4 Å². The maximum absolute atomic E-state index is 13.0. The van der Waals surface area contributed by atoms with E-state index in [0.29, 0.717) is 29.7 Å². The predicted octanol–water partition coefficient (Wildman–Crippen LogP) is 6.71. The number of ketones is 1. The van der Waals surface area contributed by atoms with E-state index < -0.39 is 11.7 Å². The number of allylic oxidation sites excluding steroid dienone is 1. The molecule has 4 rings (SSSR count). The lowest BCUT2D eigenvalue weighted by Crippen LogP contribution is -2.39. The van der Waals surface area contributed by atoms with Crippen molar-refractivity contribution in [2.45, 2.75) is 73.0 Å². The molecule has 0 saturated carbocycles. The molecule has 0 aliphatic rings. The van der Waals surface area contributed by atoms with Gasteiger partial charge in [-0.2, -0.15) is 9.61 Å². The van der Waals surface area contributed by atoms with Crippen molar-refractivity contribution in [3.63, 3.8) is 0 Å². The number of nitrogens with one attached hydrogen (secondary N) is 1. The summed E-state index contributed by atoms with van der Waals surface area (Å²) in [5.74, 6) is -0.348. The van der Waals surface area contributed by atoms with Crippen LogP contribution in [0.5, 0.6) is 0 Å². The van der Waals surface area contributed by atoms with Crippen molar-refractivity contribution in [2.24, 2.45) is 0 Å². The van der Waals surface area contributed by atoms with Crippen LogP contribution in [0.1, 0.15) is 70.9 Å². The first kappa shape index (κ1) is 31.1. The molecule has 3 heterocycles. The Labute approximate surface area is 251 Å². The summed E-state index contributed by atoms with van der Waals surface area (Å²) in [5.41, 5.74) is 3.92. The number of pyridine rings is 1. The van der Waals surface area contributed by atoms with Crippen LogP contribution in [-0.4, -0.2) is 53.9 Å². The highest BCUT2D eigenvalue weighted by Gasteiger charge is 2.27. The van der Waals surface area contributed by atoms with Gasteiger partial charge in [-0.15, -0.1) is 0 Å². The smallest absolute Gasteiger partial charge is 0.414 e. The summed E-state index contributed by atoms with van der Waals surface area (Å²) in [6, 6.07) is 13.5. The van der Waals surface area contributed by atoms with Gasteiger partial charge in [0.05, 0.1) is 23.1 Å². The molecular formula is C33H38N6O4. The number of rotatable bonds is 9. The maximum Gasteiger partial charge on any atom is 0.414 e. The predicted molar refractivity (Wildman–Crippen MR) is 167 cm³/mol. The largest absolute Gasteiger partial charge is 0.443 e. The fourth-order valence-electron chi connectivity index (χ4n) is 4.76. The monoisotopic (exact) mass is 582 g/mol. The number of benzene rings is 1. The van der Waals surface area contributed by atoms with Crippen LogP contribution in [0.2, 0.25) is 0 Å². The van der Waals surface area contributed by atoms with Crippen molar-refractivity contribution in [3.8, 4) is 22.4 Å². The second-order valence-corrected chi connectivity index (χ2v) is 11.4. The number of carbonyl (C=O) groups excluding carboxylic acids is 3. The fraction of sp³-hybridized carbons (Fsp3) is 0.333. The zero-order valence-electron chi connectivity index (χ0n) is 25.7. The van der Waals surface area contributed by atoms with Crippen LogP contribution in [0.4, 0.5) is 10.6 Å². The number of ether oxygens (including phenoxy) is 1. The summed E-state index contributed by atoms with van der Waals surface area (Å²) in [7, 11) is 0. The molecule has 0 bridgehead atoms. The third kappa shape index (κ3) is 7.32. The molecule has 2 amide bonds. The SMILES string of the molecule is C/C=C\N(C(=O)OC(C)(C)C)[C@H](C)CCc1nc2c(-c3ccc(-c4ccccc4)nc3)cnn2c(NC(C)=O)c1C(C)=O. The number of amides is 2. The quantitative estimate of drug-likeness (QED) is 0.218. The molecule has 0 fully saturated rings. The fourth-order valence-corrected chi connectivity index (χ4v) is 4.76. The number of anilines is 1. The molecule has 43 heavy (non-hydrogen) atoms. The first-order valence-electron chi connectivity index (χ1n) is 14.2. The average Bonchev–Trinajstić information content (AvgIpc) is 3.37. The molecule has 3 aromatic heterocycles. The van der Waals surface area contributed by atoms with Gasteiger partial charge < -0.3 is 10.1 Å². The lowest BCUT2D eigenvalue weighted by atomic mass is 10.0. The Morgan fingerprint density at radius 1 is 1.05 bits per heavy atom. The highest BCUT2D eigenvalue weighted by Crippen LogP contribution is 2.30. The highest BCUT2D eigenvalue weighted by molar-refractivity contribution is 6.04. The molecule has 1 aromatic carbocycles. The second kappa shape index (κ2) is 13.0. The average molecular weight is 583 g/mol. The topological polar surface area (TPSA) is 119 Å². The molecule has 0 aliphatic carbocycles. The summed E-state index contributed by atoms with van der Waals surface area (Å²) < 4.78 is 7.08. The molecule has 0 unspecified atom stereocenters. The van der Waals surface area contributed by atoms with Gasteiger partial charge in [-0.25, -0.2) is 9.78 Å². The van der Waals surface area contributed by atoms with E-state index in [4.69, 9.17) is 9.72 Å². The van der Waals surface area contributed by atoms with Gasteiger partial charge in [0, 0.05) is 42.1 Å². The molecule has 0 saturated heterocycles. The molecular weight excluding hydrogens is 544 g/mol. The molecule has 0 spiro atoms. The van der Waals surface area contributed by atoms with Gasteiger partial charge in [0.25, 0.3) is 0 Å². The zero-order valence-corrected chi connectivity index (χ0v) is 25.7. The minimum Gasteiger partial charge on any atom is -0.443 e. The van der Waals surface area contributed by atoms with Crippen molar-refractivity contribution in [2.75, 3.05) is 5.32 Å². The van der Waals surface area contributed by atoms with Gasteiger partial charge in [0.1, 0.15) is 11.4 Å². The lowest BCUT2D eigenvalue weighted by Gasteiger charge is -2.29. The standard InChI is InChI=1S/C33H38N6O4/c1-8-18-38(32(42)43-33(5,6)7)21(2)14-16-28-29(22(3)40)31(36-23(4)41)39-30(37-28)26(20-35-39)25-15-17-27(34-19-25)24-12-10-9-11-13-24/h8-13,15,17-21H,14,16H2,1-7H3,(H,36,41)/b18-8-/t21-/m1/s1. The lowest BCUT2D eigenvalue weighted by molar-refractivity contribution is -0.114. The summed E-state index contributed by atoms with van der Waals surface area (Å²) in [6.07, 6.45) is 7.24. The van der Waals surface area contributed by atoms with Crippen LogP contribution in [0.3, 0.4) is 0 Å². The van der Waals surface area contributed by atoms with E-state index in [2.05, 4.69) is 15.4 Å². The van der Waals surface area contributed by atoms with Crippen molar-refractivity contribution in [1.82, 2.24) is 24.5 Å². The second-order valence-electron chi connectivity index (χ2n) is 11.4. The Morgan fingerprint density at radius 2 is 1.77 bits per heavy atom. The minimum absolute atomic E-state index is 0.255. The summed E-state index contributed by atoms with van der Waals surface area (Å²) >= 11 is 0. The van der Waals surface area contributed by atoms with Crippen molar-refractivity contribution in [3.05, 3.63) is 78.4 Å². The van der Waals surface area contributed by atoms with Crippen LogP contribution in [0, 0.1) is 0 Å². The molecule has 4 aromatic rings. The van der Waals surface area contributed by atoms with E-state index in [1.165, 1.54) is 23.3 Å². The van der Waals surface area contributed by atoms with E-state index in [-0.39, 0.29) is 29.1 Å². The first-order chi connectivity index (χ1) is 20.4. The number of aryl methyl sites for hydroxylation is 1. The first-order valence-corrected chi connectivity index (χ1v) is 14.2. The number of fused-ring (bicyclic) bond motifs is 1. The van der Waals surface area contributed by atoms with Gasteiger partial charge in [-0.1, -0.05) is 42.5 Å². The number of hydrogen-bond acceptors (Lipinski definition) is 7. The molecule has 1 atom stereocenters. The van der Waals surface area contributed by atoms with Gasteiger partial charge in [0.2, 0.25) is 5.91 Å². The van der Waals surface area contributed by atoms with Crippen LogP contribution in [-0.2, 0) is 16.0 Å². The van der Waals surface area contributed by atoms with Crippen LogP contribution in [0.25, 0.3) is 28.0 Å². The van der Waals surface area contributed by atoms with E-state index in [1.54, 1.807) is 24.7 Å². The van der Waals surface area contributed by atoms with Crippen LogP contribution in [0.15, 0.2) is 67.1 Å². The van der Waals surface area contributed by atoms with Crippen LogP contribution < -0.4 is 5.32 Å². The Morgan fingerprint density at radius 3 is 2.35 bits per heavy atom. The normalized spacial score (nSPS) is 12.3. The number of carbonyl (C=O) groups is 3. The number of hydrogen-bond donors (Lipinski definition) is 1. The van der Waals surface area contributed by atoms with Gasteiger partial charge >= 0.3 is 6.09 Å². The van der Waals surface area contributed by atoms with Crippen molar-refractivity contribution in [1.29, 1.82) is 0 Å². The third-order valence-corrected chi connectivity index (χ3v) is 6.70. The molecule has 10 nitrogen and oxygen atoms in total. The maximum atomic E-state index is 13.0. The van der Waals surface area contributed by atoms with E-state index in [9.17, 15) is 14.4 Å². The number of aromatic nitrogens is 4. The molecule has 1 N–H and O–H groups in total. The Hall–Kier alpha value is -4.86.